The fraction of sp³-hybridized carbons (Fsp3) is 0.222. The van der Waals surface area contributed by atoms with Crippen LogP contribution in [0.4, 0.5) is 5.69 Å². The number of carbonyl (C=O) groups is 1. The highest BCUT2D eigenvalue weighted by Gasteiger charge is 2.26. The Morgan fingerprint density at radius 2 is 1.61 bits per heavy atom. The molecular formula is C27H27NO3. The Bertz CT molecular complexity index is 1150. The molecular weight excluding hydrogens is 386 g/mol. The molecule has 1 aliphatic heterocycles. The SMILES string of the molecule is COc1ccc(C(=O)N2CCc3cc(/C=C(\C)c4ccc(C)cc4)ccc32)cc1OC. The number of fused-ring (bicyclic) bond motifs is 1. The number of amides is 1. The van der Waals surface area contributed by atoms with Gasteiger partial charge in [0.25, 0.3) is 5.91 Å². The average Bonchev–Trinajstić information content (AvgIpc) is 3.21. The molecule has 0 spiro atoms. The number of nitrogens with zero attached hydrogens (tertiary/aromatic N) is 1. The maximum atomic E-state index is 13.2. The smallest absolute Gasteiger partial charge is 0.258 e. The molecule has 1 amide bonds. The van der Waals surface area contributed by atoms with Crippen molar-refractivity contribution in [2.75, 3.05) is 25.7 Å². The van der Waals surface area contributed by atoms with Gasteiger partial charge in [-0.15, -0.1) is 0 Å². The van der Waals surface area contributed by atoms with Crippen molar-refractivity contribution < 1.29 is 14.3 Å². The molecule has 0 unspecified atom stereocenters. The largest absolute Gasteiger partial charge is 0.493 e. The number of rotatable bonds is 5. The highest BCUT2D eigenvalue weighted by atomic mass is 16.5. The summed E-state index contributed by atoms with van der Waals surface area (Å²) in [5.74, 6) is 1.14. The van der Waals surface area contributed by atoms with Crippen molar-refractivity contribution in [3.63, 3.8) is 0 Å². The summed E-state index contributed by atoms with van der Waals surface area (Å²) in [5.41, 5.74) is 7.60. The minimum atomic E-state index is -0.0289. The van der Waals surface area contributed by atoms with E-state index < -0.39 is 0 Å². The molecule has 0 atom stereocenters. The maximum absolute atomic E-state index is 13.2. The molecule has 31 heavy (non-hydrogen) atoms. The summed E-state index contributed by atoms with van der Waals surface area (Å²) >= 11 is 0. The molecule has 0 aromatic heterocycles. The van der Waals surface area contributed by atoms with Crippen molar-refractivity contribution in [1.29, 1.82) is 0 Å². The molecule has 3 aromatic carbocycles. The fourth-order valence-corrected chi connectivity index (χ4v) is 4.00. The Morgan fingerprint density at radius 1 is 0.903 bits per heavy atom. The van der Waals surface area contributed by atoms with E-state index in [2.05, 4.69) is 62.4 Å². The number of allylic oxidation sites excluding steroid dienone is 1. The summed E-state index contributed by atoms with van der Waals surface area (Å²) in [6, 6.07) is 20.2. The Kier molecular flexibility index (Phi) is 5.81. The zero-order chi connectivity index (χ0) is 22.0. The molecule has 0 aliphatic carbocycles. The molecule has 3 aromatic rings. The van der Waals surface area contributed by atoms with Crippen LogP contribution in [0.25, 0.3) is 11.6 Å². The Balaban J connectivity index is 1.58. The van der Waals surface area contributed by atoms with Crippen molar-refractivity contribution in [3.05, 3.63) is 88.5 Å². The number of aryl methyl sites for hydroxylation is 1. The highest BCUT2D eigenvalue weighted by Crippen LogP contribution is 2.33. The molecule has 0 radical (unpaired) electrons. The lowest BCUT2D eigenvalue weighted by molar-refractivity contribution is 0.0989. The van der Waals surface area contributed by atoms with E-state index in [0.717, 1.165) is 17.7 Å². The lowest BCUT2D eigenvalue weighted by Crippen LogP contribution is -2.28. The Hall–Kier alpha value is -3.53. The molecule has 4 nitrogen and oxygen atoms in total. The molecule has 0 fully saturated rings. The standard InChI is InChI=1S/C27H27NO3/c1-18-5-8-21(9-6-18)19(2)15-20-7-11-24-22(16-20)13-14-28(24)27(29)23-10-12-25(30-3)26(17-23)31-4/h5-12,15-17H,13-14H2,1-4H3/b19-15+. The van der Waals surface area contributed by atoms with Crippen LogP contribution >= 0.6 is 0 Å². The lowest BCUT2D eigenvalue weighted by Gasteiger charge is -2.18. The van der Waals surface area contributed by atoms with Crippen LogP contribution in [-0.2, 0) is 6.42 Å². The van der Waals surface area contributed by atoms with Gasteiger partial charge in [-0.3, -0.25) is 4.79 Å². The summed E-state index contributed by atoms with van der Waals surface area (Å²) in [4.78, 5) is 15.0. The molecule has 0 saturated heterocycles. The van der Waals surface area contributed by atoms with Crippen LogP contribution in [0.2, 0.25) is 0 Å². The number of methoxy groups -OCH3 is 2. The van der Waals surface area contributed by atoms with Crippen LogP contribution in [0, 0.1) is 6.92 Å². The van der Waals surface area contributed by atoms with Gasteiger partial charge in [-0.25, -0.2) is 0 Å². The molecule has 0 bridgehead atoms. The Labute approximate surface area is 183 Å². The zero-order valence-electron chi connectivity index (χ0n) is 18.4. The quantitative estimate of drug-likeness (QED) is 0.498. The van der Waals surface area contributed by atoms with Gasteiger partial charge in [-0.05, 0) is 72.9 Å². The third kappa shape index (κ3) is 4.19. The molecule has 4 heteroatoms. The number of hydrogen-bond acceptors (Lipinski definition) is 3. The van der Waals surface area contributed by atoms with E-state index in [1.807, 2.05) is 4.90 Å². The van der Waals surface area contributed by atoms with Gasteiger partial charge < -0.3 is 14.4 Å². The number of hydrogen-bond donors (Lipinski definition) is 0. The average molecular weight is 414 g/mol. The summed E-state index contributed by atoms with van der Waals surface area (Å²) in [5, 5.41) is 0. The number of anilines is 1. The van der Waals surface area contributed by atoms with Crippen molar-refractivity contribution in [3.8, 4) is 11.5 Å². The number of benzene rings is 3. The van der Waals surface area contributed by atoms with Gasteiger partial charge in [0.05, 0.1) is 14.2 Å². The van der Waals surface area contributed by atoms with Crippen LogP contribution < -0.4 is 14.4 Å². The maximum Gasteiger partial charge on any atom is 0.258 e. The summed E-state index contributed by atoms with van der Waals surface area (Å²) < 4.78 is 10.6. The second-order valence-electron chi connectivity index (χ2n) is 7.86. The van der Waals surface area contributed by atoms with E-state index in [4.69, 9.17) is 9.47 Å². The van der Waals surface area contributed by atoms with Gasteiger partial charge in [0.2, 0.25) is 0 Å². The van der Waals surface area contributed by atoms with E-state index in [9.17, 15) is 4.79 Å². The van der Waals surface area contributed by atoms with Crippen molar-refractivity contribution in [1.82, 2.24) is 0 Å². The van der Waals surface area contributed by atoms with E-state index >= 15 is 0 Å². The molecule has 0 saturated carbocycles. The predicted octanol–water partition coefficient (Wildman–Crippen LogP) is 5.78. The molecule has 158 valence electrons. The van der Waals surface area contributed by atoms with E-state index in [0.29, 0.717) is 23.6 Å². The monoisotopic (exact) mass is 413 g/mol. The van der Waals surface area contributed by atoms with Crippen LogP contribution in [0.3, 0.4) is 0 Å². The molecule has 1 heterocycles. The van der Waals surface area contributed by atoms with Gasteiger partial charge in [0.15, 0.2) is 11.5 Å². The van der Waals surface area contributed by atoms with E-state index in [-0.39, 0.29) is 5.91 Å². The third-order valence-electron chi connectivity index (χ3n) is 5.76. The van der Waals surface area contributed by atoms with Crippen molar-refractivity contribution in [2.45, 2.75) is 20.3 Å². The highest BCUT2D eigenvalue weighted by molar-refractivity contribution is 6.07. The summed E-state index contributed by atoms with van der Waals surface area (Å²) in [7, 11) is 3.16. The minimum absolute atomic E-state index is 0.0289. The summed E-state index contributed by atoms with van der Waals surface area (Å²) in [6.45, 7) is 4.90. The van der Waals surface area contributed by atoms with Crippen LogP contribution in [0.5, 0.6) is 11.5 Å². The first-order valence-corrected chi connectivity index (χ1v) is 10.4. The zero-order valence-corrected chi connectivity index (χ0v) is 18.4. The first-order valence-electron chi connectivity index (χ1n) is 10.4. The van der Waals surface area contributed by atoms with Gasteiger partial charge >= 0.3 is 0 Å². The van der Waals surface area contributed by atoms with Gasteiger partial charge in [0, 0.05) is 17.8 Å². The van der Waals surface area contributed by atoms with Crippen molar-refractivity contribution in [2.24, 2.45) is 0 Å². The van der Waals surface area contributed by atoms with Crippen LogP contribution in [0.15, 0.2) is 60.7 Å². The first kappa shape index (κ1) is 20.7. The Morgan fingerprint density at radius 3 is 2.32 bits per heavy atom. The van der Waals surface area contributed by atoms with E-state index in [1.54, 1.807) is 32.4 Å². The number of ether oxygens (including phenoxy) is 2. The molecule has 1 aliphatic rings. The minimum Gasteiger partial charge on any atom is -0.493 e. The summed E-state index contributed by atoms with van der Waals surface area (Å²) in [6.07, 6.45) is 3.05. The second kappa shape index (κ2) is 8.68. The first-order chi connectivity index (χ1) is 15.0. The number of carbonyl (C=O) groups excluding carboxylic acids is 1. The third-order valence-corrected chi connectivity index (χ3v) is 5.76. The van der Waals surface area contributed by atoms with Gasteiger partial charge in [0.1, 0.15) is 0 Å². The van der Waals surface area contributed by atoms with Crippen molar-refractivity contribution >= 4 is 23.2 Å². The van der Waals surface area contributed by atoms with E-state index in [1.165, 1.54) is 22.3 Å². The molecule has 0 N–H and O–H groups in total. The fourth-order valence-electron chi connectivity index (χ4n) is 4.00. The molecule has 4 rings (SSSR count). The second-order valence-corrected chi connectivity index (χ2v) is 7.86. The topological polar surface area (TPSA) is 38.8 Å². The normalized spacial score (nSPS) is 13.2. The van der Waals surface area contributed by atoms with Crippen LogP contribution in [0.1, 0.15) is 39.5 Å². The predicted molar refractivity (Wildman–Crippen MR) is 126 cm³/mol. The van der Waals surface area contributed by atoms with Gasteiger partial charge in [-0.1, -0.05) is 42.0 Å². The van der Waals surface area contributed by atoms with Gasteiger partial charge in [-0.2, -0.15) is 0 Å². The lowest BCUT2D eigenvalue weighted by atomic mass is 10.0. The van der Waals surface area contributed by atoms with Crippen LogP contribution in [-0.4, -0.2) is 26.7 Å².